The van der Waals surface area contributed by atoms with Crippen molar-refractivity contribution in [2.24, 2.45) is 7.05 Å². The summed E-state index contributed by atoms with van der Waals surface area (Å²) >= 11 is 2.55. The molecule has 8 nitrogen and oxygen atoms in total. The maximum absolute atomic E-state index is 12.8. The van der Waals surface area contributed by atoms with E-state index in [1.807, 2.05) is 87.2 Å². The molecular weight excluding hydrogens is 520 g/mol. The molecule has 0 aliphatic carbocycles. The van der Waals surface area contributed by atoms with Gasteiger partial charge in [0.15, 0.2) is 17.1 Å². The summed E-state index contributed by atoms with van der Waals surface area (Å²) in [5, 5.41) is 14.3. The quantitative estimate of drug-likeness (QED) is 0.198. The lowest BCUT2D eigenvalue weighted by molar-refractivity contribution is -0.113. The molecule has 0 saturated carbocycles. The van der Waals surface area contributed by atoms with Crippen LogP contribution in [0.3, 0.4) is 0 Å². The Labute approximate surface area is 230 Å². The minimum absolute atomic E-state index is 0.0938. The Kier molecular flexibility index (Phi) is 8.53. The zero-order valence-electron chi connectivity index (χ0n) is 22.2. The van der Waals surface area contributed by atoms with Gasteiger partial charge in [0.1, 0.15) is 16.3 Å². The predicted molar refractivity (Wildman–Crippen MR) is 151 cm³/mol. The van der Waals surface area contributed by atoms with Crippen LogP contribution in [0.2, 0.25) is 0 Å². The Morgan fingerprint density at radius 3 is 2.55 bits per heavy atom. The van der Waals surface area contributed by atoms with Gasteiger partial charge in [-0.05, 0) is 50.5 Å². The molecule has 0 saturated heterocycles. The van der Waals surface area contributed by atoms with E-state index in [0.717, 1.165) is 33.6 Å². The lowest BCUT2D eigenvalue weighted by Gasteiger charge is -2.16. The Balaban J connectivity index is 1.43. The topological polar surface area (TPSA) is 95.3 Å². The van der Waals surface area contributed by atoms with Gasteiger partial charge >= 0.3 is 5.97 Å². The number of hydrogen-bond acceptors (Lipinski definition) is 8. The van der Waals surface area contributed by atoms with Crippen LogP contribution in [-0.4, -0.2) is 39.5 Å². The maximum Gasteiger partial charge on any atom is 0.341 e. The average Bonchev–Trinajstić information content (AvgIpc) is 3.48. The van der Waals surface area contributed by atoms with E-state index in [1.165, 1.54) is 30.2 Å². The lowest BCUT2D eigenvalue weighted by Crippen LogP contribution is -2.16. The van der Waals surface area contributed by atoms with Crippen LogP contribution in [0.1, 0.15) is 45.9 Å². The molecule has 0 aliphatic heterocycles. The smallest absolute Gasteiger partial charge is 0.341 e. The third kappa shape index (κ3) is 5.92. The number of anilines is 1. The van der Waals surface area contributed by atoms with Gasteiger partial charge in [-0.1, -0.05) is 53.7 Å². The Hall–Kier alpha value is -3.63. The second-order valence-corrected chi connectivity index (χ2v) is 10.7. The van der Waals surface area contributed by atoms with Gasteiger partial charge in [-0.3, -0.25) is 4.79 Å². The van der Waals surface area contributed by atoms with Crippen molar-refractivity contribution in [2.45, 2.75) is 39.0 Å². The second kappa shape index (κ2) is 11.8. The Morgan fingerprint density at radius 2 is 1.84 bits per heavy atom. The van der Waals surface area contributed by atoms with Crippen molar-refractivity contribution in [3.05, 3.63) is 75.9 Å². The molecule has 0 spiro atoms. The van der Waals surface area contributed by atoms with Crippen molar-refractivity contribution in [2.75, 3.05) is 18.2 Å². The zero-order valence-corrected chi connectivity index (χ0v) is 23.8. The first-order chi connectivity index (χ1) is 18.2. The molecule has 10 heteroatoms. The minimum atomic E-state index is -0.499. The number of thioether (sulfide) groups is 1. The van der Waals surface area contributed by atoms with Crippen molar-refractivity contribution >= 4 is 40.0 Å². The molecular formula is C28H30N4O4S2. The predicted octanol–water partition coefficient (Wildman–Crippen LogP) is 6.13. The summed E-state index contributed by atoms with van der Waals surface area (Å²) in [5.41, 5.74) is 5.30. The van der Waals surface area contributed by atoms with Crippen LogP contribution in [0.4, 0.5) is 5.00 Å². The number of amides is 1. The highest BCUT2D eigenvalue weighted by Gasteiger charge is 2.23. The van der Waals surface area contributed by atoms with Gasteiger partial charge in [-0.2, -0.15) is 0 Å². The van der Waals surface area contributed by atoms with Gasteiger partial charge in [0.25, 0.3) is 0 Å². The highest BCUT2D eigenvalue weighted by Crippen LogP contribution is 2.36. The fraction of sp³-hybridized carbons (Fsp3) is 0.286. The number of methoxy groups -OCH3 is 1. The van der Waals surface area contributed by atoms with Crippen LogP contribution in [0, 0.1) is 20.8 Å². The lowest BCUT2D eigenvalue weighted by atomic mass is 10.0. The molecule has 198 valence electrons. The first kappa shape index (κ1) is 27.4. The standard InChI is InChI=1S/C28H30N4O4S2/c1-16-10-12-20(13-11-16)21-14-37-26(24(21)27(34)35-6)29-23(33)15-38-28-31-30-25(32(28)5)19(4)36-22-9-7-8-17(2)18(22)3/h7-14,19H,15H2,1-6H3,(H,29,33). The van der Waals surface area contributed by atoms with Crippen molar-refractivity contribution in [1.82, 2.24) is 14.8 Å². The summed E-state index contributed by atoms with van der Waals surface area (Å²) in [4.78, 5) is 25.4. The normalized spacial score (nSPS) is 11.7. The molecule has 1 amide bonds. The number of esters is 1. The van der Waals surface area contributed by atoms with E-state index in [2.05, 4.69) is 15.5 Å². The van der Waals surface area contributed by atoms with Gasteiger partial charge in [-0.15, -0.1) is 21.5 Å². The molecule has 1 N–H and O–H groups in total. The molecule has 2 heterocycles. The average molecular weight is 551 g/mol. The van der Waals surface area contributed by atoms with E-state index in [1.54, 1.807) is 0 Å². The van der Waals surface area contributed by atoms with Gasteiger partial charge in [-0.25, -0.2) is 4.79 Å². The Bertz CT molecular complexity index is 1460. The van der Waals surface area contributed by atoms with Crippen molar-refractivity contribution in [3.63, 3.8) is 0 Å². The van der Waals surface area contributed by atoms with Crippen LogP contribution in [0.5, 0.6) is 5.75 Å². The maximum atomic E-state index is 12.8. The van der Waals surface area contributed by atoms with E-state index in [9.17, 15) is 9.59 Å². The van der Waals surface area contributed by atoms with Crippen molar-refractivity contribution in [1.29, 1.82) is 0 Å². The van der Waals surface area contributed by atoms with Gasteiger partial charge in [0, 0.05) is 18.0 Å². The number of aryl methyl sites for hydroxylation is 2. The van der Waals surface area contributed by atoms with E-state index in [4.69, 9.17) is 9.47 Å². The molecule has 0 aliphatic rings. The van der Waals surface area contributed by atoms with E-state index in [0.29, 0.717) is 21.5 Å². The third-order valence-electron chi connectivity index (χ3n) is 6.22. The monoisotopic (exact) mass is 550 g/mol. The molecule has 1 atom stereocenters. The van der Waals surface area contributed by atoms with Crippen LogP contribution < -0.4 is 10.1 Å². The Morgan fingerprint density at radius 1 is 1.11 bits per heavy atom. The zero-order chi connectivity index (χ0) is 27.4. The first-order valence-corrected chi connectivity index (χ1v) is 13.9. The van der Waals surface area contributed by atoms with Crippen molar-refractivity contribution in [3.8, 4) is 16.9 Å². The fourth-order valence-electron chi connectivity index (χ4n) is 3.89. The number of benzene rings is 2. The number of carbonyl (C=O) groups is 2. The molecule has 0 fully saturated rings. The van der Waals surface area contributed by atoms with Crippen LogP contribution >= 0.6 is 23.1 Å². The second-order valence-electron chi connectivity index (χ2n) is 8.91. The third-order valence-corrected chi connectivity index (χ3v) is 8.13. The molecule has 2 aromatic heterocycles. The first-order valence-electron chi connectivity index (χ1n) is 12.0. The molecule has 2 aromatic carbocycles. The number of thiophene rings is 1. The van der Waals surface area contributed by atoms with Crippen LogP contribution in [0.15, 0.2) is 53.0 Å². The van der Waals surface area contributed by atoms with Gasteiger partial charge in [0.05, 0.1) is 12.9 Å². The molecule has 1 unspecified atom stereocenters. The molecule has 0 bridgehead atoms. The highest BCUT2D eigenvalue weighted by molar-refractivity contribution is 7.99. The van der Waals surface area contributed by atoms with E-state index < -0.39 is 5.97 Å². The van der Waals surface area contributed by atoms with Gasteiger partial charge in [0.2, 0.25) is 5.91 Å². The summed E-state index contributed by atoms with van der Waals surface area (Å²) in [7, 11) is 3.18. The number of hydrogen-bond donors (Lipinski definition) is 1. The molecule has 4 aromatic rings. The van der Waals surface area contributed by atoms with Crippen molar-refractivity contribution < 1.29 is 19.1 Å². The minimum Gasteiger partial charge on any atom is -0.482 e. The largest absolute Gasteiger partial charge is 0.482 e. The SMILES string of the molecule is COC(=O)c1c(-c2ccc(C)cc2)csc1NC(=O)CSc1nnc(C(C)Oc2cccc(C)c2C)n1C. The van der Waals surface area contributed by atoms with E-state index in [-0.39, 0.29) is 17.8 Å². The highest BCUT2D eigenvalue weighted by atomic mass is 32.2. The fourth-order valence-corrected chi connectivity index (χ4v) is 5.59. The number of nitrogens with one attached hydrogen (secondary N) is 1. The summed E-state index contributed by atoms with van der Waals surface area (Å²) in [6, 6.07) is 13.8. The summed E-state index contributed by atoms with van der Waals surface area (Å²) in [6.45, 7) is 7.99. The molecule has 0 radical (unpaired) electrons. The summed E-state index contributed by atoms with van der Waals surface area (Å²) < 4.78 is 13.0. The number of nitrogens with zero attached hydrogens (tertiary/aromatic N) is 3. The number of aromatic nitrogens is 3. The molecule has 38 heavy (non-hydrogen) atoms. The van der Waals surface area contributed by atoms with E-state index >= 15 is 0 Å². The number of rotatable bonds is 9. The summed E-state index contributed by atoms with van der Waals surface area (Å²) in [6.07, 6.45) is -0.329. The van der Waals surface area contributed by atoms with Gasteiger partial charge < -0.3 is 19.4 Å². The summed E-state index contributed by atoms with van der Waals surface area (Å²) in [5.74, 6) is 0.790. The van der Waals surface area contributed by atoms with Crippen LogP contribution in [0.25, 0.3) is 11.1 Å². The molecule has 4 rings (SSSR count). The number of ether oxygens (including phenoxy) is 2. The number of carbonyl (C=O) groups excluding carboxylic acids is 2. The van der Waals surface area contributed by atoms with Crippen LogP contribution in [-0.2, 0) is 16.6 Å².